The van der Waals surface area contributed by atoms with Crippen LogP contribution in [0, 0.1) is 6.92 Å². The molecule has 1 aromatic carbocycles. The van der Waals surface area contributed by atoms with Crippen LogP contribution in [0.3, 0.4) is 0 Å². The summed E-state index contributed by atoms with van der Waals surface area (Å²) in [5.41, 5.74) is 1.64. The van der Waals surface area contributed by atoms with Crippen molar-refractivity contribution in [1.82, 2.24) is 5.16 Å². The van der Waals surface area contributed by atoms with Crippen molar-refractivity contribution >= 4 is 17.3 Å². The number of aromatic nitrogens is 1. The minimum absolute atomic E-state index is 0.0604. The van der Waals surface area contributed by atoms with E-state index in [1.807, 2.05) is 42.6 Å². The van der Waals surface area contributed by atoms with Gasteiger partial charge in [-0.25, -0.2) is 4.79 Å². The molecule has 0 amide bonds. The van der Waals surface area contributed by atoms with Crippen LogP contribution in [0.1, 0.15) is 11.3 Å². The molecule has 5 nitrogen and oxygen atoms in total. The summed E-state index contributed by atoms with van der Waals surface area (Å²) < 4.78 is 15.7. The molecule has 0 N–H and O–H groups in total. The van der Waals surface area contributed by atoms with Gasteiger partial charge in [0.1, 0.15) is 18.1 Å². The van der Waals surface area contributed by atoms with E-state index in [9.17, 15) is 4.79 Å². The first kappa shape index (κ1) is 15.3. The number of hydrogen-bond acceptors (Lipinski definition) is 6. The van der Waals surface area contributed by atoms with Gasteiger partial charge in [0.05, 0.1) is 4.88 Å². The average Bonchev–Trinajstić information content (AvgIpc) is 3.22. The highest BCUT2D eigenvalue weighted by molar-refractivity contribution is 7.13. The largest absolute Gasteiger partial charge is 0.482 e. The van der Waals surface area contributed by atoms with Crippen LogP contribution in [0.2, 0.25) is 0 Å². The molecule has 0 saturated carbocycles. The fourth-order valence-electron chi connectivity index (χ4n) is 1.96. The zero-order valence-corrected chi connectivity index (χ0v) is 13.3. The van der Waals surface area contributed by atoms with Crippen molar-refractivity contribution in [2.45, 2.75) is 13.5 Å². The van der Waals surface area contributed by atoms with Crippen LogP contribution in [0.5, 0.6) is 5.75 Å². The summed E-state index contributed by atoms with van der Waals surface area (Å²) in [5, 5.41) is 5.85. The fraction of sp³-hybridized carbons (Fsp3) is 0.176. The van der Waals surface area contributed by atoms with Gasteiger partial charge in [-0.05, 0) is 36.1 Å². The Bertz CT molecular complexity index is 780. The molecule has 2 heterocycles. The van der Waals surface area contributed by atoms with E-state index in [1.165, 1.54) is 0 Å². The normalized spacial score (nSPS) is 10.5. The Kier molecular flexibility index (Phi) is 4.73. The van der Waals surface area contributed by atoms with Crippen LogP contribution in [0.25, 0.3) is 10.6 Å². The van der Waals surface area contributed by atoms with Gasteiger partial charge < -0.3 is 14.0 Å². The van der Waals surface area contributed by atoms with Gasteiger partial charge in [-0.3, -0.25) is 0 Å². The lowest BCUT2D eigenvalue weighted by Gasteiger charge is -2.06. The maximum Gasteiger partial charge on any atom is 0.344 e. The minimum Gasteiger partial charge on any atom is -0.482 e. The van der Waals surface area contributed by atoms with E-state index in [-0.39, 0.29) is 13.2 Å². The Labute approximate surface area is 137 Å². The zero-order valence-electron chi connectivity index (χ0n) is 12.5. The third kappa shape index (κ3) is 4.20. The molecule has 2 aromatic heterocycles. The molecule has 0 atom stereocenters. The van der Waals surface area contributed by atoms with Gasteiger partial charge in [0.2, 0.25) is 0 Å². The molecule has 3 aromatic rings. The third-order valence-corrected chi connectivity index (χ3v) is 3.93. The molecular weight excluding hydrogens is 314 g/mol. The van der Waals surface area contributed by atoms with Gasteiger partial charge in [-0.1, -0.05) is 23.4 Å². The highest BCUT2D eigenvalue weighted by Crippen LogP contribution is 2.25. The number of aryl methyl sites for hydroxylation is 1. The number of ether oxygens (including phenoxy) is 2. The predicted molar refractivity (Wildman–Crippen MR) is 86.3 cm³/mol. The Morgan fingerprint density at radius 3 is 2.96 bits per heavy atom. The molecule has 0 unspecified atom stereocenters. The molecular formula is C17H15NO4S. The molecule has 23 heavy (non-hydrogen) atoms. The summed E-state index contributed by atoms with van der Waals surface area (Å²) in [6, 6.07) is 13.1. The lowest BCUT2D eigenvalue weighted by Crippen LogP contribution is -2.14. The molecule has 0 fully saturated rings. The Balaban J connectivity index is 1.47. The lowest BCUT2D eigenvalue weighted by atomic mass is 10.2. The quantitative estimate of drug-likeness (QED) is 0.643. The molecule has 6 heteroatoms. The van der Waals surface area contributed by atoms with Crippen molar-refractivity contribution in [1.29, 1.82) is 0 Å². The number of hydrogen-bond donors (Lipinski definition) is 0. The van der Waals surface area contributed by atoms with E-state index < -0.39 is 5.97 Å². The first-order valence-electron chi connectivity index (χ1n) is 7.05. The van der Waals surface area contributed by atoms with Crippen molar-refractivity contribution in [3.63, 3.8) is 0 Å². The second-order valence-electron chi connectivity index (χ2n) is 4.93. The van der Waals surface area contributed by atoms with Gasteiger partial charge in [-0.15, -0.1) is 11.3 Å². The van der Waals surface area contributed by atoms with Gasteiger partial charge >= 0.3 is 5.97 Å². The van der Waals surface area contributed by atoms with Crippen molar-refractivity contribution in [2.75, 3.05) is 6.61 Å². The first-order valence-corrected chi connectivity index (χ1v) is 7.93. The minimum atomic E-state index is -0.452. The maximum absolute atomic E-state index is 11.7. The SMILES string of the molecule is Cc1cccc(OCC(=O)OCc2cc(-c3cccs3)on2)c1. The number of carbonyl (C=O) groups is 1. The van der Waals surface area contributed by atoms with E-state index in [0.29, 0.717) is 17.2 Å². The molecule has 0 saturated heterocycles. The summed E-state index contributed by atoms with van der Waals surface area (Å²) in [7, 11) is 0. The van der Waals surface area contributed by atoms with Crippen molar-refractivity contribution in [2.24, 2.45) is 0 Å². The molecule has 0 aliphatic rings. The molecule has 0 radical (unpaired) electrons. The first-order chi connectivity index (χ1) is 11.2. The summed E-state index contributed by atoms with van der Waals surface area (Å²) in [4.78, 5) is 12.7. The van der Waals surface area contributed by atoms with E-state index in [2.05, 4.69) is 5.16 Å². The van der Waals surface area contributed by atoms with E-state index in [4.69, 9.17) is 14.0 Å². The third-order valence-electron chi connectivity index (χ3n) is 3.05. The molecule has 0 bridgehead atoms. The topological polar surface area (TPSA) is 61.6 Å². The summed E-state index contributed by atoms with van der Waals surface area (Å²) in [5.74, 6) is 0.859. The highest BCUT2D eigenvalue weighted by Gasteiger charge is 2.10. The molecule has 0 spiro atoms. The standard InChI is InChI=1S/C17H15NO4S/c1-12-4-2-5-14(8-12)20-11-17(19)21-10-13-9-15(22-18-13)16-6-3-7-23-16/h2-9H,10-11H2,1H3. The number of esters is 1. The van der Waals surface area contributed by atoms with Crippen LogP contribution in [0.4, 0.5) is 0 Å². The van der Waals surface area contributed by atoms with E-state index in [0.717, 1.165) is 10.4 Å². The van der Waals surface area contributed by atoms with Crippen LogP contribution in [-0.4, -0.2) is 17.7 Å². The molecule has 0 aliphatic heterocycles. The van der Waals surface area contributed by atoms with Gasteiger partial charge in [0, 0.05) is 6.07 Å². The molecule has 3 rings (SSSR count). The van der Waals surface area contributed by atoms with Crippen molar-refractivity contribution in [3.8, 4) is 16.4 Å². The van der Waals surface area contributed by atoms with Crippen LogP contribution < -0.4 is 4.74 Å². The molecule has 118 valence electrons. The van der Waals surface area contributed by atoms with Gasteiger partial charge in [0.25, 0.3) is 0 Å². The molecule has 0 aliphatic carbocycles. The van der Waals surface area contributed by atoms with Crippen molar-refractivity contribution in [3.05, 3.63) is 59.1 Å². The number of carbonyl (C=O) groups excluding carboxylic acids is 1. The monoisotopic (exact) mass is 329 g/mol. The Morgan fingerprint density at radius 1 is 1.26 bits per heavy atom. The Morgan fingerprint density at radius 2 is 2.17 bits per heavy atom. The average molecular weight is 329 g/mol. The van der Waals surface area contributed by atoms with E-state index in [1.54, 1.807) is 23.5 Å². The second kappa shape index (κ2) is 7.11. The van der Waals surface area contributed by atoms with Crippen LogP contribution in [0.15, 0.2) is 52.4 Å². The highest BCUT2D eigenvalue weighted by atomic mass is 32.1. The van der Waals surface area contributed by atoms with E-state index >= 15 is 0 Å². The van der Waals surface area contributed by atoms with Crippen LogP contribution >= 0.6 is 11.3 Å². The summed E-state index contributed by atoms with van der Waals surface area (Å²) >= 11 is 1.56. The second-order valence-corrected chi connectivity index (χ2v) is 5.87. The summed E-state index contributed by atoms with van der Waals surface area (Å²) in [6.07, 6.45) is 0. The number of thiophene rings is 1. The lowest BCUT2D eigenvalue weighted by molar-refractivity contribution is -0.147. The predicted octanol–water partition coefficient (Wildman–Crippen LogP) is 3.83. The zero-order chi connectivity index (χ0) is 16.1. The summed E-state index contributed by atoms with van der Waals surface area (Å²) in [6.45, 7) is 1.88. The van der Waals surface area contributed by atoms with Crippen LogP contribution in [-0.2, 0) is 16.1 Å². The number of rotatable bonds is 6. The number of benzene rings is 1. The Hall–Kier alpha value is -2.60. The maximum atomic E-state index is 11.7. The van der Waals surface area contributed by atoms with Gasteiger partial charge in [0.15, 0.2) is 12.4 Å². The number of nitrogens with zero attached hydrogens (tertiary/aromatic N) is 1. The fourth-order valence-corrected chi connectivity index (χ4v) is 2.63. The smallest absolute Gasteiger partial charge is 0.344 e. The van der Waals surface area contributed by atoms with Crippen molar-refractivity contribution < 1.29 is 18.8 Å². The van der Waals surface area contributed by atoms with Gasteiger partial charge in [-0.2, -0.15) is 0 Å².